The Hall–Kier alpha value is -2.31. The van der Waals surface area contributed by atoms with Gasteiger partial charge >= 0.3 is 0 Å². The van der Waals surface area contributed by atoms with Crippen molar-refractivity contribution in [3.05, 3.63) is 64.4 Å². The van der Waals surface area contributed by atoms with Crippen LogP contribution in [0.3, 0.4) is 0 Å². The summed E-state index contributed by atoms with van der Waals surface area (Å²) in [5, 5.41) is 9.91. The van der Waals surface area contributed by atoms with Crippen LogP contribution < -0.4 is 5.73 Å². The van der Waals surface area contributed by atoms with Crippen LogP contribution in [0.25, 0.3) is 11.3 Å². The summed E-state index contributed by atoms with van der Waals surface area (Å²) in [6.45, 7) is 1.93. The van der Waals surface area contributed by atoms with Gasteiger partial charge in [-0.05, 0) is 30.7 Å². The van der Waals surface area contributed by atoms with Crippen molar-refractivity contribution in [3.63, 3.8) is 0 Å². The third kappa shape index (κ3) is 2.75. The molecule has 3 nitrogen and oxygen atoms in total. The maximum Gasteiger partial charge on any atom is 0.102 e. The number of halogens is 1. The summed E-state index contributed by atoms with van der Waals surface area (Å²) in [7, 11) is 0. The summed E-state index contributed by atoms with van der Waals surface area (Å²) >= 11 is 5.98. The molecule has 0 atom stereocenters. The van der Waals surface area contributed by atoms with Crippen LogP contribution in [0.1, 0.15) is 16.7 Å². The summed E-state index contributed by atoms with van der Waals surface area (Å²) < 4.78 is 0. The summed E-state index contributed by atoms with van der Waals surface area (Å²) in [5.41, 5.74) is 9.37. The van der Waals surface area contributed by atoms with E-state index in [1.807, 2.05) is 13.0 Å². The number of rotatable bonds is 2. The van der Waals surface area contributed by atoms with Crippen LogP contribution in [0, 0.1) is 18.3 Å². The number of nitriles is 1. The minimum Gasteiger partial charge on any atom is -0.397 e. The minimum atomic E-state index is 0.401. The van der Waals surface area contributed by atoms with Gasteiger partial charge < -0.3 is 5.73 Å². The molecule has 2 N–H and O–H groups in total. The molecular formula is C15H12ClN3. The van der Waals surface area contributed by atoms with Gasteiger partial charge in [0.05, 0.1) is 11.3 Å². The van der Waals surface area contributed by atoms with E-state index in [1.54, 1.807) is 36.7 Å². The van der Waals surface area contributed by atoms with Crippen LogP contribution in [-0.4, -0.2) is 4.98 Å². The number of pyridine rings is 1. The number of allylic oxidation sites excluding steroid dienone is 1. The van der Waals surface area contributed by atoms with Crippen molar-refractivity contribution >= 4 is 22.9 Å². The van der Waals surface area contributed by atoms with E-state index in [0.29, 0.717) is 21.9 Å². The molecule has 94 valence electrons. The monoisotopic (exact) mass is 269 g/mol. The molecule has 0 saturated heterocycles. The van der Waals surface area contributed by atoms with Crippen molar-refractivity contribution in [1.29, 1.82) is 5.26 Å². The second-order valence-electron chi connectivity index (χ2n) is 4.10. The highest BCUT2D eigenvalue weighted by Gasteiger charge is 2.11. The highest BCUT2D eigenvalue weighted by atomic mass is 35.5. The van der Waals surface area contributed by atoms with Crippen LogP contribution >= 0.6 is 11.6 Å². The molecule has 0 spiro atoms. The molecule has 1 aromatic heterocycles. The van der Waals surface area contributed by atoms with Gasteiger partial charge in [0, 0.05) is 28.5 Å². The van der Waals surface area contributed by atoms with E-state index in [0.717, 1.165) is 11.1 Å². The minimum absolute atomic E-state index is 0.401. The number of hydrogen-bond acceptors (Lipinski definition) is 3. The molecule has 0 aliphatic heterocycles. The first-order valence-electron chi connectivity index (χ1n) is 5.70. The van der Waals surface area contributed by atoms with Gasteiger partial charge in [-0.2, -0.15) is 5.26 Å². The second-order valence-corrected chi connectivity index (χ2v) is 4.54. The van der Waals surface area contributed by atoms with E-state index in [1.165, 1.54) is 0 Å². The molecule has 2 aromatic rings. The van der Waals surface area contributed by atoms with Gasteiger partial charge in [-0.3, -0.25) is 4.98 Å². The predicted octanol–water partition coefficient (Wildman–Crippen LogP) is 3.39. The van der Waals surface area contributed by atoms with Gasteiger partial charge in [-0.25, -0.2) is 0 Å². The van der Waals surface area contributed by atoms with Crippen LogP contribution in [0.4, 0.5) is 0 Å². The molecule has 0 bridgehead atoms. The molecule has 2 rings (SSSR count). The topological polar surface area (TPSA) is 62.7 Å². The summed E-state index contributed by atoms with van der Waals surface area (Å²) in [6.07, 6.45) is 3.27. The van der Waals surface area contributed by atoms with Crippen molar-refractivity contribution in [1.82, 2.24) is 4.98 Å². The number of hydrogen-bond donors (Lipinski definition) is 1. The lowest BCUT2D eigenvalue weighted by Crippen LogP contribution is -2.03. The highest BCUT2D eigenvalue weighted by Crippen LogP contribution is 2.26. The van der Waals surface area contributed by atoms with Gasteiger partial charge in [-0.1, -0.05) is 23.7 Å². The largest absolute Gasteiger partial charge is 0.397 e. The molecule has 0 radical (unpaired) electrons. The Labute approximate surface area is 117 Å². The van der Waals surface area contributed by atoms with E-state index in [-0.39, 0.29) is 0 Å². The van der Waals surface area contributed by atoms with Crippen molar-refractivity contribution in [2.75, 3.05) is 0 Å². The Morgan fingerprint density at radius 1 is 1.37 bits per heavy atom. The second kappa shape index (κ2) is 5.55. The van der Waals surface area contributed by atoms with Crippen LogP contribution in [0.5, 0.6) is 0 Å². The van der Waals surface area contributed by atoms with Gasteiger partial charge in [-0.15, -0.1) is 0 Å². The molecule has 1 aromatic carbocycles. The lowest BCUT2D eigenvalue weighted by Gasteiger charge is -2.09. The van der Waals surface area contributed by atoms with E-state index in [4.69, 9.17) is 17.3 Å². The zero-order chi connectivity index (χ0) is 13.8. The Kier molecular flexibility index (Phi) is 3.84. The van der Waals surface area contributed by atoms with Gasteiger partial charge in [0.15, 0.2) is 0 Å². The van der Waals surface area contributed by atoms with Gasteiger partial charge in [0.25, 0.3) is 0 Å². The van der Waals surface area contributed by atoms with Gasteiger partial charge in [0.1, 0.15) is 6.07 Å². The Bertz CT molecular complexity index is 670. The Morgan fingerprint density at radius 3 is 2.79 bits per heavy atom. The fourth-order valence-electron chi connectivity index (χ4n) is 1.81. The standard InChI is InChI=1S/C15H12ClN3/c1-10-4-5-12(16)7-13(10)15(18)14(8-17)11-3-2-6-19-9-11/h2-7,9H,18H2,1H3/b15-14+. The van der Waals surface area contributed by atoms with Crippen LogP contribution in [0.2, 0.25) is 5.02 Å². The Morgan fingerprint density at radius 2 is 2.16 bits per heavy atom. The molecular weight excluding hydrogens is 258 g/mol. The first-order chi connectivity index (χ1) is 9.13. The van der Waals surface area contributed by atoms with E-state index in [2.05, 4.69) is 11.1 Å². The van der Waals surface area contributed by atoms with Crippen LogP contribution in [-0.2, 0) is 0 Å². The van der Waals surface area contributed by atoms with Gasteiger partial charge in [0.2, 0.25) is 0 Å². The average molecular weight is 270 g/mol. The SMILES string of the molecule is Cc1ccc(Cl)cc1/C(N)=C(/C#N)c1cccnc1. The molecule has 0 fully saturated rings. The molecule has 19 heavy (non-hydrogen) atoms. The molecule has 1 heterocycles. The average Bonchev–Trinajstić information content (AvgIpc) is 2.43. The van der Waals surface area contributed by atoms with E-state index < -0.39 is 0 Å². The molecule has 0 unspecified atom stereocenters. The summed E-state index contributed by atoms with van der Waals surface area (Å²) in [6, 6.07) is 11.1. The summed E-state index contributed by atoms with van der Waals surface area (Å²) in [5.74, 6) is 0. The molecule has 0 amide bonds. The lowest BCUT2D eigenvalue weighted by atomic mass is 9.99. The Balaban J connectivity index is 2.62. The number of aromatic nitrogens is 1. The highest BCUT2D eigenvalue weighted by molar-refractivity contribution is 6.30. The fourth-order valence-corrected chi connectivity index (χ4v) is 1.98. The zero-order valence-electron chi connectivity index (χ0n) is 10.4. The normalized spacial score (nSPS) is 11.6. The third-order valence-electron chi connectivity index (χ3n) is 2.82. The predicted molar refractivity (Wildman–Crippen MR) is 77.0 cm³/mol. The lowest BCUT2D eigenvalue weighted by molar-refractivity contribution is 1.31. The first kappa shape index (κ1) is 13.1. The molecule has 4 heteroatoms. The molecule has 0 saturated carbocycles. The first-order valence-corrected chi connectivity index (χ1v) is 6.08. The quantitative estimate of drug-likeness (QED) is 0.850. The van der Waals surface area contributed by atoms with Crippen molar-refractivity contribution in [2.45, 2.75) is 6.92 Å². The van der Waals surface area contributed by atoms with Crippen molar-refractivity contribution in [3.8, 4) is 6.07 Å². The van der Waals surface area contributed by atoms with E-state index >= 15 is 0 Å². The van der Waals surface area contributed by atoms with Crippen LogP contribution in [0.15, 0.2) is 42.7 Å². The number of nitrogens with zero attached hydrogens (tertiary/aromatic N) is 2. The fraction of sp³-hybridized carbons (Fsp3) is 0.0667. The molecule has 0 aliphatic rings. The van der Waals surface area contributed by atoms with Crippen molar-refractivity contribution in [2.24, 2.45) is 5.73 Å². The maximum absolute atomic E-state index is 9.32. The van der Waals surface area contributed by atoms with E-state index in [9.17, 15) is 5.26 Å². The molecule has 0 aliphatic carbocycles. The maximum atomic E-state index is 9.32. The zero-order valence-corrected chi connectivity index (χ0v) is 11.1. The van der Waals surface area contributed by atoms with Crippen molar-refractivity contribution < 1.29 is 0 Å². The number of aryl methyl sites for hydroxylation is 1. The number of benzene rings is 1. The smallest absolute Gasteiger partial charge is 0.102 e. The number of nitrogens with two attached hydrogens (primary N) is 1. The summed E-state index contributed by atoms with van der Waals surface area (Å²) in [4.78, 5) is 4.00. The third-order valence-corrected chi connectivity index (χ3v) is 3.06.